The van der Waals surface area contributed by atoms with Crippen molar-refractivity contribution in [1.82, 2.24) is 19.5 Å². The van der Waals surface area contributed by atoms with E-state index in [2.05, 4.69) is 28.1 Å². The van der Waals surface area contributed by atoms with Crippen LogP contribution in [-0.2, 0) is 31.6 Å². The average Bonchev–Trinajstić information content (AvgIpc) is 3.25. The number of H-pyrrole nitrogens is 1. The number of fused-ring (bicyclic) bond motifs is 1. The number of alkyl halides is 1. The Hall–Kier alpha value is -1.55. The minimum absolute atomic E-state index is 0.0320. The van der Waals surface area contributed by atoms with E-state index in [1.807, 2.05) is 0 Å². The van der Waals surface area contributed by atoms with E-state index in [1.54, 1.807) is 0 Å². The Morgan fingerprint density at radius 2 is 1.88 bits per heavy atom. The number of nitrogens with zero attached hydrogens (tertiary/aromatic N) is 3. The van der Waals surface area contributed by atoms with Crippen LogP contribution in [0.1, 0.15) is 19.1 Å². The lowest BCUT2D eigenvalue weighted by molar-refractivity contribution is -0.0205. The van der Waals surface area contributed by atoms with Gasteiger partial charge in [0.15, 0.2) is 11.2 Å². The largest absolute Gasteiger partial charge is 0.490 e. The molecule has 17 nitrogen and oxygen atoms in total. The zero-order chi connectivity index (χ0) is 24.3. The summed E-state index contributed by atoms with van der Waals surface area (Å²) in [5, 5.41) is 0. The zero-order valence-electron chi connectivity index (χ0n) is 16.0. The average molecular weight is 525 g/mol. The molecule has 2 aromatic rings. The van der Waals surface area contributed by atoms with Crippen LogP contribution in [0.4, 0.5) is 10.3 Å². The lowest BCUT2D eigenvalue weighted by Gasteiger charge is -2.18. The van der Waals surface area contributed by atoms with Crippen molar-refractivity contribution >= 4 is 40.6 Å². The molecule has 3 rings (SSSR count). The third-order valence-corrected chi connectivity index (χ3v) is 7.49. The van der Waals surface area contributed by atoms with E-state index in [1.165, 1.54) is 10.9 Å². The van der Waals surface area contributed by atoms with Gasteiger partial charge in [-0.15, -0.1) is 0 Å². The van der Waals surface area contributed by atoms with Crippen LogP contribution in [0.15, 0.2) is 11.1 Å². The van der Waals surface area contributed by atoms with Crippen molar-refractivity contribution in [3.8, 4) is 0 Å². The maximum Gasteiger partial charge on any atom is 0.490 e. The molecule has 0 aliphatic carbocycles. The molecule has 0 aromatic carbocycles. The molecule has 1 saturated heterocycles. The smallest absolute Gasteiger partial charge is 0.369 e. The summed E-state index contributed by atoms with van der Waals surface area (Å²) in [6.45, 7) is -0.580. The number of halogens is 1. The Morgan fingerprint density at radius 3 is 2.50 bits per heavy atom. The van der Waals surface area contributed by atoms with E-state index < -0.39 is 48.0 Å². The van der Waals surface area contributed by atoms with Gasteiger partial charge in [-0.1, -0.05) is 0 Å². The van der Waals surface area contributed by atoms with Gasteiger partial charge in [0, 0.05) is 0 Å². The van der Waals surface area contributed by atoms with Crippen LogP contribution >= 0.6 is 23.5 Å². The number of anilines is 1. The van der Waals surface area contributed by atoms with Crippen LogP contribution in [-0.4, -0.2) is 59.0 Å². The Balaban J connectivity index is 0.00000176. The Kier molecular flexibility index (Phi) is 8.47. The number of phosphoric ester groups is 1. The highest BCUT2D eigenvalue weighted by molar-refractivity contribution is 7.66. The van der Waals surface area contributed by atoms with Gasteiger partial charge in [0.05, 0.1) is 26.2 Å². The van der Waals surface area contributed by atoms with Gasteiger partial charge in [0.1, 0.15) is 6.23 Å². The highest BCUT2D eigenvalue weighted by Crippen LogP contribution is 2.66. The fourth-order valence-corrected chi connectivity index (χ4v) is 5.70. The van der Waals surface area contributed by atoms with Crippen molar-refractivity contribution < 1.29 is 55.5 Å². The fraction of sp³-hybridized carbons (Fsp3) is 0.545. The number of nitrogen functional groups attached to an aromatic ring is 1. The van der Waals surface area contributed by atoms with Crippen LogP contribution in [0, 0.1) is 0 Å². The molecule has 1 fully saturated rings. The molecule has 0 bridgehead atoms. The summed E-state index contributed by atoms with van der Waals surface area (Å²) < 4.78 is 62.0. The molecular weight excluding hydrogens is 506 g/mol. The van der Waals surface area contributed by atoms with E-state index >= 15 is 0 Å². The van der Waals surface area contributed by atoms with Crippen LogP contribution in [0.5, 0.6) is 0 Å². The molecule has 3 heterocycles. The van der Waals surface area contributed by atoms with Crippen molar-refractivity contribution in [3.05, 3.63) is 16.7 Å². The minimum Gasteiger partial charge on any atom is -0.369 e. The number of aromatic nitrogens is 4. The number of hydrogen-bond donors (Lipinski definition) is 6. The second-order valence-electron chi connectivity index (χ2n) is 5.95. The molecule has 4 atom stereocenters. The van der Waals surface area contributed by atoms with Crippen LogP contribution in [0.3, 0.4) is 0 Å². The van der Waals surface area contributed by atoms with Crippen molar-refractivity contribution in [2.45, 2.75) is 25.2 Å². The first-order valence-electron chi connectivity index (χ1n) is 8.29. The van der Waals surface area contributed by atoms with Gasteiger partial charge in [-0.3, -0.25) is 23.3 Å². The van der Waals surface area contributed by atoms with E-state index in [0.29, 0.717) is 20.0 Å². The molecule has 32 heavy (non-hydrogen) atoms. The predicted molar refractivity (Wildman–Crippen MR) is 103 cm³/mol. The lowest BCUT2D eigenvalue weighted by atomic mass is 10.2. The van der Waals surface area contributed by atoms with Crippen LogP contribution < -0.4 is 11.3 Å². The normalized spacial score (nSPS) is 22.7. The molecule has 0 saturated carbocycles. The van der Waals surface area contributed by atoms with Crippen molar-refractivity contribution in [2.75, 3.05) is 19.5 Å². The quantitative estimate of drug-likeness (QED) is 0.253. The standard InChI is InChI=1S/C10H16N5O12P3.CH3F/c11-10-13-8-7(9(16)14-10)12-4-15(8)6-2-1-5(25-6)3-24-29(20,21)27-30(22,23)26-28(17,18)19;1-2/h4-6H,1-3H2,(H,20,21)(H,22,23)(H2,17,18,19)(H3,11,13,14,16);1H3. The van der Waals surface area contributed by atoms with Gasteiger partial charge in [-0.25, -0.2) is 18.7 Å². The van der Waals surface area contributed by atoms with Gasteiger partial charge in [0.25, 0.3) is 5.56 Å². The molecule has 0 spiro atoms. The van der Waals surface area contributed by atoms with E-state index in [4.69, 9.17) is 25.2 Å². The van der Waals surface area contributed by atoms with Gasteiger partial charge < -0.3 is 30.0 Å². The molecule has 182 valence electrons. The first-order chi connectivity index (χ1) is 14.7. The number of phosphoric acid groups is 3. The molecule has 21 heteroatoms. The van der Waals surface area contributed by atoms with E-state index in [0.717, 1.165) is 0 Å². The number of aromatic amines is 1. The van der Waals surface area contributed by atoms with Crippen LogP contribution in [0.2, 0.25) is 0 Å². The van der Waals surface area contributed by atoms with Crippen molar-refractivity contribution in [2.24, 2.45) is 0 Å². The van der Waals surface area contributed by atoms with Crippen molar-refractivity contribution in [3.63, 3.8) is 0 Å². The first kappa shape index (κ1) is 26.7. The van der Waals surface area contributed by atoms with Gasteiger partial charge in [-0.2, -0.15) is 13.6 Å². The highest BCUT2D eigenvalue weighted by Gasteiger charge is 2.41. The second-order valence-corrected chi connectivity index (χ2v) is 10.4. The fourth-order valence-electron chi connectivity index (χ4n) is 2.65. The molecule has 0 radical (unpaired) electrons. The molecule has 1 aliphatic heterocycles. The monoisotopic (exact) mass is 525 g/mol. The molecule has 0 amide bonds. The number of ether oxygens (including phenoxy) is 1. The van der Waals surface area contributed by atoms with Crippen molar-refractivity contribution in [1.29, 1.82) is 0 Å². The Bertz CT molecular complexity index is 1150. The van der Waals surface area contributed by atoms with Crippen LogP contribution in [0.25, 0.3) is 11.2 Å². The minimum atomic E-state index is -5.59. The third-order valence-electron chi connectivity index (χ3n) is 3.69. The molecule has 2 aromatic heterocycles. The third kappa shape index (κ3) is 7.23. The number of nitrogens with one attached hydrogen (secondary N) is 1. The summed E-state index contributed by atoms with van der Waals surface area (Å²) in [5.74, 6) is -0.128. The second kappa shape index (κ2) is 10.2. The van der Waals surface area contributed by atoms with Gasteiger partial charge in [0.2, 0.25) is 5.95 Å². The molecule has 1 aliphatic rings. The molecule has 4 unspecified atom stereocenters. The summed E-state index contributed by atoms with van der Waals surface area (Å²) in [7, 11) is -15.8. The molecular formula is C11H19FN5O12P3. The Labute approximate surface area is 177 Å². The topological polar surface area (TPSA) is 259 Å². The summed E-state index contributed by atoms with van der Waals surface area (Å²) in [6.07, 6.45) is 0.528. The lowest BCUT2D eigenvalue weighted by Crippen LogP contribution is -2.17. The predicted octanol–water partition coefficient (Wildman–Crippen LogP) is 0.308. The summed E-state index contributed by atoms with van der Waals surface area (Å²) in [4.78, 5) is 57.6. The molecule has 7 N–H and O–H groups in total. The maximum absolute atomic E-state index is 11.8. The SMILES string of the molecule is CF.Nc1nc2c(ncn2C2CCC(COP(=O)(O)OP(=O)(O)OP(=O)(O)O)O2)c(=O)[nH]1. The zero-order valence-corrected chi connectivity index (χ0v) is 18.7. The summed E-state index contributed by atoms with van der Waals surface area (Å²) in [6, 6.07) is 0. The Morgan fingerprint density at radius 1 is 1.22 bits per heavy atom. The number of rotatable bonds is 8. The van der Waals surface area contributed by atoms with E-state index in [9.17, 15) is 27.8 Å². The number of nitrogens with two attached hydrogens (primary N) is 1. The summed E-state index contributed by atoms with van der Waals surface area (Å²) >= 11 is 0. The number of hydrogen-bond acceptors (Lipinski definition) is 11. The number of imidazole rings is 1. The summed E-state index contributed by atoms with van der Waals surface area (Å²) in [5.41, 5.74) is 5.17. The first-order valence-corrected chi connectivity index (χ1v) is 12.8. The highest BCUT2D eigenvalue weighted by atomic mass is 31.3. The van der Waals surface area contributed by atoms with E-state index in [-0.39, 0.29) is 17.1 Å². The maximum atomic E-state index is 11.8. The van der Waals surface area contributed by atoms with Gasteiger partial charge in [-0.05, 0) is 12.8 Å². The van der Waals surface area contributed by atoms with Gasteiger partial charge >= 0.3 is 23.5 Å².